The number of aryl methyl sites for hydroxylation is 1. The van der Waals surface area contributed by atoms with Crippen LogP contribution in [0, 0.1) is 12.8 Å². The zero-order chi connectivity index (χ0) is 23.1. The molecule has 1 atom stereocenters. The van der Waals surface area contributed by atoms with Crippen molar-refractivity contribution in [2.45, 2.75) is 13.3 Å². The Morgan fingerprint density at radius 3 is 2.41 bits per heavy atom. The number of nitrogens with zero attached hydrogens (tertiary/aromatic N) is 1. The van der Waals surface area contributed by atoms with E-state index in [0.717, 1.165) is 10.6 Å². The van der Waals surface area contributed by atoms with Crippen molar-refractivity contribution in [1.29, 1.82) is 0 Å². The Morgan fingerprint density at radius 2 is 1.69 bits per heavy atom. The fourth-order valence-corrected chi connectivity index (χ4v) is 3.03. The Kier molecular flexibility index (Phi) is 7.17. The molecular weight excluding hydrogens is 416 g/mol. The molecule has 1 aliphatic rings. The van der Waals surface area contributed by atoms with Gasteiger partial charge in [0.1, 0.15) is 0 Å². The second kappa shape index (κ2) is 10.2. The van der Waals surface area contributed by atoms with Crippen LogP contribution < -0.4 is 16.3 Å². The summed E-state index contributed by atoms with van der Waals surface area (Å²) in [5.74, 6) is -3.75. The first-order valence-corrected chi connectivity index (χ1v) is 9.82. The highest BCUT2D eigenvalue weighted by Gasteiger charge is 2.36. The molecule has 1 saturated heterocycles. The molecular formula is C22H22N4O6. The van der Waals surface area contributed by atoms with Gasteiger partial charge in [0.2, 0.25) is 5.91 Å². The Hall–Kier alpha value is -4.21. The Bertz CT molecular complexity index is 1040. The molecule has 10 nitrogen and oxygen atoms in total. The van der Waals surface area contributed by atoms with Crippen LogP contribution >= 0.6 is 0 Å². The van der Waals surface area contributed by atoms with E-state index in [9.17, 15) is 24.0 Å². The normalized spacial score (nSPS) is 15.1. The predicted molar refractivity (Wildman–Crippen MR) is 111 cm³/mol. The van der Waals surface area contributed by atoms with Gasteiger partial charge in [-0.15, -0.1) is 0 Å². The lowest BCUT2D eigenvalue weighted by Gasteiger charge is -2.17. The van der Waals surface area contributed by atoms with E-state index in [2.05, 4.69) is 16.3 Å². The van der Waals surface area contributed by atoms with Gasteiger partial charge in [-0.3, -0.25) is 45.3 Å². The average molecular weight is 438 g/mol. The van der Waals surface area contributed by atoms with Crippen LogP contribution in [0.25, 0.3) is 0 Å². The molecule has 3 rings (SSSR count). The van der Waals surface area contributed by atoms with Crippen molar-refractivity contribution in [2.75, 3.05) is 13.2 Å². The van der Waals surface area contributed by atoms with Gasteiger partial charge in [-0.2, -0.15) is 0 Å². The summed E-state index contributed by atoms with van der Waals surface area (Å²) >= 11 is 0. The highest BCUT2D eigenvalue weighted by Crippen LogP contribution is 2.18. The largest absolute Gasteiger partial charge is 0.455 e. The number of ether oxygens (including phenoxy) is 1. The minimum atomic E-state index is -0.827. The molecule has 2 aromatic rings. The monoisotopic (exact) mass is 438 g/mol. The Balaban J connectivity index is 1.42. The summed E-state index contributed by atoms with van der Waals surface area (Å²) in [6.07, 6.45) is -0.153. The lowest BCUT2D eigenvalue weighted by atomic mass is 10.1. The number of rotatable bonds is 6. The van der Waals surface area contributed by atoms with Crippen LogP contribution in [0.4, 0.5) is 0 Å². The van der Waals surface area contributed by atoms with Crippen molar-refractivity contribution >= 4 is 29.6 Å². The number of benzene rings is 2. The maximum Gasteiger partial charge on any atom is 0.311 e. The summed E-state index contributed by atoms with van der Waals surface area (Å²) in [5, 5.41) is 1.07. The zero-order valence-electron chi connectivity index (χ0n) is 17.3. The van der Waals surface area contributed by atoms with Gasteiger partial charge in [0.25, 0.3) is 17.7 Å². The van der Waals surface area contributed by atoms with Crippen LogP contribution in [0.1, 0.15) is 32.7 Å². The van der Waals surface area contributed by atoms with Gasteiger partial charge in [0, 0.05) is 17.5 Å². The fraction of sp³-hybridized carbons (Fsp3) is 0.227. The first kappa shape index (κ1) is 22.5. The maximum absolute atomic E-state index is 12.3. The third-order valence-corrected chi connectivity index (χ3v) is 4.67. The number of hydrogen-bond acceptors (Lipinski definition) is 6. The Labute approximate surface area is 183 Å². The van der Waals surface area contributed by atoms with E-state index in [4.69, 9.17) is 4.74 Å². The van der Waals surface area contributed by atoms with E-state index in [1.165, 1.54) is 0 Å². The van der Waals surface area contributed by atoms with E-state index < -0.39 is 42.1 Å². The van der Waals surface area contributed by atoms with Crippen molar-refractivity contribution < 1.29 is 28.7 Å². The van der Waals surface area contributed by atoms with Crippen LogP contribution in [-0.4, -0.2) is 47.8 Å². The van der Waals surface area contributed by atoms with Crippen LogP contribution in [0.3, 0.4) is 0 Å². The van der Waals surface area contributed by atoms with Gasteiger partial charge in [-0.25, -0.2) is 0 Å². The topological polar surface area (TPSA) is 134 Å². The number of hydrogen-bond donors (Lipinski definition) is 3. The summed E-state index contributed by atoms with van der Waals surface area (Å²) < 4.78 is 4.93. The van der Waals surface area contributed by atoms with Crippen molar-refractivity contribution in [3.63, 3.8) is 0 Å². The van der Waals surface area contributed by atoms with Gasteiger partial charge >= 0.3 is 5.97 Å². The van der Waals surface area contributed by atoms with E-state index in [0.29, 0.717) is 11.1 Å². The number of carbonyl (C=O) groups excluding carboxylic acids is 5. The summed E-state index contributed by atoms with van der Waals surface area (Å²) in [6, 6.07) is 15.1. The smallest absolute Gasteiger partial charge is 0.311 e. The summed E-state index contributed by atoms with van der Waals surface area (Å²) in [5.41, 5.74) is 8.46. The Morgan fingerprint density at radius 1 is 0.969 bits per heavy atom. The average Bonchev–Trinajstić information content (AvgIpc) is 3.16. The molecule has 0 saturated carbocycles. The van der Waals surface area contributed by atoms with E-state index in [1.807, 2.05) is 13.0 Å². The van der Waals surface area contributed by atoms with Crippen molar-refractivity contribution in [3.05, 3.63) is 71.3 Å². The van der Waals surface area contributed by atoms with Gasteiger partial charge in [-0.05, 0) is 31.2 Å². The van der Waals surface area contributed by atoms with Crippen LogP contribution in [-0.2, 0) is 19.1 Å². The van der Waals surface area contributed by atoms with Gasteiger partial charge in [-0.1, -0.05) is 35.9 Å². The highest BCUT2D eigenvalue weighted by molar-refractivity contribution is 5.97. The lowest BCUT2D eigenvalue weighted by molar-refractivity contribution is -0.152. The fourth-order valence-electron chi connectivity index (χ4n) is 3.03. The van der Waals surface area contributed by atoms with Gasteiger partial charge in [0.15, 0.2) is 6.61 Å². The van der Waals surface area contributed by atoms with Crippen molar-refractivity contribution in [1.82, 2.24) is 21.3 Å². The zero-order valence-corrected chi connectivity index (χ0v) is 17.3. The molecule has 0 aliphatic carbocycles. The molecule has 166 valence electrons. The molecule has 1 aliphatic heterocycles. The maximum atomic E-state index is 12.3. The molecule has 0 bridgehead atoms. The molecule has 1 heterocycles. The quantitative estimate of drug-likeness (QED) is 0.444. The van der Waals surface area contributed by atoms with Crippen LogP contribution in [0.5, 0.6) is 0 Å². The first-order chi connectivity index (χ1) is 15.3. The van der Waals surface area contributed by atoms with Crippen LogP contribution in [0.2, 0.25) is 0 Å². The van der Waals surface area contributed by atoms with E-state index in [1.54, 1.807) is 48.5 Å². The predicted octanol–water partition coefficient (Wildman–Crippen LogP) is 0.493. The van der Waals surface area contributed by atoms with Gasteiger partial charge < -0.3 is 4.74 Å². The molecule has 4 amide bonds. The molecule has 3 N–H and O–H groups in total. The van der Waals surface area contributed by atoms with E-state index in [-0.39, 0.29) is 13.0 Å². The number of esters is 1. The first-order valence-electron chi connectivity index (χ1n) is 9.82. The molecule has 0 aromatic heterocycles. The summed E-state index contributed by atoms with van der Waals surface area (Å²) in [4.78, 5) is 60.4. The number of nitrogens with one attached hydrogen (secondary N) is 3. The number of amides is 4. The van der Waals surface area contributed by atoms with Crippen molar-refractivity contribution in [3.8, 4) is 0 Å². The summed E-state index contributed by atoms with van der Waals surface area (Å²) in [6.45, 7) is 1.14. The third kappa shape index (κ3) is 5.91. The van der Waals surface area contributed by atoms with Crippen molar-refractivity contribution in [2.24, 2.45) is 5.92 Å². The molecule has 0 spiro atoms. The van der Waals surface area contributed by atoms with Gasteiger partial charge in [0.05, 0.1) is 12.5 Å². The van der Waals surface area contributed by atoms with Crippen LogP contribution in [0.15, 0.2) is 54.6 Å². The minimum absolute atomic E-state index is 0.0679. The molecule has 1 fully saturated rings. The standard InChI is InChI=1S/C22H22N4O6/c1-14-6-5-9-16(10-14)21(30)25-26-12-17(11-19(26)28)22(31)32-13-18(27)23-24-20(29)15-7-3-2-4-8-15/h2-10,17H,11-13H2,1H3,(H,23,27)(H,24,29)(H,25,30)/t17-/m1/s1. The van der Waals surface area contributed by atoms with E-state index >= 15 is 0 Å². The number of hydrazine groups is 2. The molecule has 10 heteroatoms. The third-order valence-electron chi connectivity index (χ3n) is 4.67. The second-order valence-electron chi connectivity index (χ2n) is 7.19. The highest BCUT2D eigenvalue weighted by atomic mass is 16.5. The summed E-state index contributed by atoms with van der Waals surface area (Å²) in [7, 11) is 0. The molecule has 0 radical (unpaired) electrons. The lowest BCUT2D eigenvalue weighted by Crippen LogP contribution is -2.44. The second-order valence-corrected chi connectivity index (χ2v) is 7.19. The SMILES string of the molecule is Cc1cccc(C(=O)NN2C[C@H](C(=O)OCC(=O)NNC(=O)c3ccccc3)CC2=O)c1. The number of carbonyl (C=O) groups is 5. The minimum Gasteiger partial charge on any atom is -0.455 e. The molecule has 2 aromatic carbocycles. The molecule has 32 heavy (non-hydrogen) atoms. The molecule has 0 unspecified atom stereocenters.